The molecule has 0 spiro atoms. The number of benzene rings is 2. The van der Waals surface area contributed by atoms with Crippen molar-refractivity contribution in [3.63, 3.8) is 0 Å². The maximum atomic E-state index is 13.3. The zero-order valence-electron chi connectivity index (χ0n) is 15.9. The van der Waals surface area contributed by atoms with Crippen LogP contribution in [0.5, 0.6) is 5.75 Å². The minimum absolute atomic E-state index is 0.0662. The number of hydrogen-bond acceptors (Lipinski definition) is 6. The minimum atomic E-state index is -3.40. The number of carbonyl (C=O) groups excluding carboxylic acids is 1. The van der Waals surface area contributed by atoms with Crippen molar-refractivity contribution in [1.82, 2.24) is 4.72 Å². The fourth-order valence-corrected chi connectivity index (χ4v) is 3.54. The maximum Gasteiger partial charge on any atom is 0.342 e. The molecule has 1 aromatic heterocycles. The third-order valence-corrected chi connectivity index (χ3v) is 4.93. The molecule has 0 aliphatic carbocycles. The highest BCUT2D eigenvalue weighted by Gasteiger charge is 2.26. The molecule has 0 radical (unpaired) electrons. The van der Waals surface area contributed by atoms with Crippen molar-refractivity contribution in [3.05, 3.63) is 53.3 Å². The molecule has 1 heterocycles. The number of ether oxygens (including phenoxy) is 1. The monoisotopic (exact) mass is 421 g/mol. The summed E-state index contributed by atoms with van der Waals surface area (Å²) in [5, 5.41) is 10.5. The Bertz CT molecular complexity index is 1150. The maximum absolute atomic E-state index is 13.3. The van der Waals surface area contributed by atoms with Crippen LogP contribution in [0, 0.1) is 5.82 Å². The number of fused-ring (bicyclic) bond motifs is 1. The van der Waals surface area contributed by atoms with E-state index in [9.17, 15) is 22.7 Å². The Balaban J connectivity index is 2.18. The van der Waals surface area contributed by atoms with Crippen LogP contribution in [0.25, 0.3) is 22.3 Å². The molecule has 0 saturated carbocycles. The van der Waals surface area contributed by atoms with Gasteiger partial charge < -0.3 is 14.3 Å². The quantitative estimate of drug-likeness (QED) is 0.568. The van der Waals surface area contributed by atoms with E-state index in [-0.39, 0.29) is 42.2 Å². The fraction of sp³-hybridized carbons (Fsp3) is 0.250. The average molecular weight is 421 g/mol. The van der Waals surface area contributed by atoms with Crippen LogP contribution in [0.3, 0.4) is 0 Å². The van der Waals surface area contributed by atoms with Gasteiger partial charge in [-0.1, -0.05) is 0 Å². The first-order chi connectivity index (χ1) is 13.7. The molecule has 7 nitrogen and oxygen atoms in total. The first kappa shape index (κ1) is 20.8. The predicted molar refractivity (Wildman–Crippen MR) is 106 cm³/mol. The van der Waals surface area contributed by atoms with E-state index in [1.165, 1.54) is 36.4 Å². The summed E-state index contributed by atoms with van der Waals surface area (Å²) in [7, 11) is -3.40. The van der Waals surface area contributed by atoms with Gasteiger partial charge in [-0.2, -0.15) is 0 Å². The van der Waals surface area contributed by atoms with Crippen molar-refractivity contribution in [2.75, 3.05) is 19.4 Å². The number of phenolic OH excluding ortho intramolecular Hbond substituents is 1. The molecule has 2 aromatic carbocycles. The van der Waals surface area contributed by atoms with E-state index in [0.29, 0.717) is 16.5 Å². The van der Waals surface area contributed by atoms with Gasteiger partial charge in [-0.15, -0.1) is 0 Å². The topological polar surface area (TPSA) is 106 Å². The summed E-state index contributed by atoms with van der Waals surface area (Å²) in [4.78, 5) is 12.7. The third kappa shape index (κ3) is 4.75. The summed E-state index contributed by atoms with van der Waals surface area (Å²) in [6.07, 6.45) is 1.24. The van der Waals surface area contributed by atoms with Crippen molar-refractivity contribution in [1.29, 1.82) is 0 Å². The molecule has 9 heteroatoms. The van der Waals surface area contributed by atoms with Crippen LogP contribution in [0.15, 0.2) is 40.8 Å². The van der Waals surface area contributed by atoms with E-state index >= 15 is 0 Å². The van der Waals surface area contributed by atoms with Crippen LogP contribution in [-0.2, 0) is 21.2 Å². The van der Waals surface area contributed by atoms with Gasteiger partial charge in [-0.05, 0) is 49.2 Å². The highest BCUT2D eigenvalue weighted by Crippen LogP contribution is 2.38. The number of phenols is 1. The summed E-state index contributed by atoms with van der Waals surface area (Å²) < 4.78 is 49.4. The van der Waals surface area contributed by atoms with Crippen LogP contribution in [0.2, 0.25) is 0 Å². The molecule has 0 fully saturated rings. The van der Waals surface area contributed by atoms with E-state index in [0.717, 1.165) is 6.26 Å². The second-order valence-electron chi connectivity index (χ2n) is 6.43. The summed E-state index contributed by atoms with van der Waals surface area (Å²) >= 11 is 0. The van der Waals surface area contributed by atoms with Crippen molar-refractivity contribution >= 4 is 27.0 Å². The smallest absolute Gasteiger partial charge is 0.342 e. The molecule has 0 aliphatic rings. The third-order valence-electron chi connectivity index (χ3n) is 4.20. The number of sulfonamides is 1. The van der Waals surface area contributed by atoms with Crippen molar-refractivity contribution in [2.45, 2.75) is 13.3 Å². The predicted octanol–water partition coefficient (Wildman–Crippen LogP) is 3.21. The molecule has 3 aromatic rings. The summed E-state index contributed by atoms with van der Waals surface area (Å²) in [6.45, 7) is 1.87. The molecular weight excluding hydrogens is 401 g/mol. The van der Waals surface area contributed by atoms with Gasteiger partial charge >= 0.3 is 5.97 Å². The lowest BCUT2D eigenvalue weighted by atomic mass is 9.99. The second-order valence-corrected chi connectivity index (χ2v) is 8.26. The van der Waals surface area contributed by atoms with Gasteiger partial charge in [-0.3, -0.25) is 0 Å². The van der Waals surface area contributed by atoms with Gasteiger partial charge in [0, 0.05) is 23.6 Å². The normalized spacial score (nSPS) is 11.7. The molecule has 29 heavy (non-hydrogen) atoms. The lowest BCUT2D eigenvalue weighted by Gasteiger charge is -2.08. The molecule has 0 unspecified atom stereocenters. The molecule has 0 aliphatic heterocycles. The SMILES string of the molecule is CCOC(=O)c1c(-c2ccc(F)cc2)oc2cc(O)cc(CCNS(C)(=O)=O)c12. The molecule has 3 rings (SSSR count). The molecule has 2 N–H and O–H groups in total. The largest absolute Gasteiger partial charge is 0.508 e. The van der Waals surface area contributed by atoms with Gasteiger partial charge in [0.15, 0.2) is 0 Å². The first-order valence-corrected chi connectivity index (χ1v) is 10.7. The zero-order chi connectivity index (χ0) is 21.2. The Kier molecular flexibility index (Phi) is 5.90. The van der Waals surface area contributed by atoms with Crippen molar-refractivity contribution in [2.24, 2.45) is 0 Å². The van der Waals surface area contributed by atoms with Gasteiger partial charge in [0.25, 0.3) is 0 Å². The molecule has 0 atom stereocenters. The Hall–Kier alpha value is -2.91. The molecular formula is C20H20FNO6S. The molecule has 0 amide bonds. The Morgan fingerprint density at radius 1 is 1.24 bits per heavy atom. The minimum Gasteiger partial charge on any atom is -0.508 e. The highest BCUT2D eigenvalue weighted by atomic mass is 32.2. The van der Waals surface area contributed by atoms with E-state index in [2.05, 4.69) is 4.72 Å². The van der Waals surface area contributed by atoms with Crippen LogP contribution < -0.4 is 4.72 Å². The Morgan fingerprint density at radius 2 is 1.93 bits per heavy atom. The standard InChI is InChI=1S/C20H20FNO6S/c1-3-27-20(24)18-17-13(8-9-22-29(2,25)26)10-15(23)11-16(17)28-19(18)12-4-6-14(21)7-5-12/h4-7,10-11,22-23H,3,8-9H2,1-2H3. The molecule has 0 saturated heterocycles. The summed E-state index contributed by atoms with van der Waals surface area (Å²) in [6, 6.07) is 8.23. The van der Waals surface area contributed by atoms with Crippen LogP contribution in [0.1, 0.15) is 22.8 Å². The number of esters is 1. The lowest BCUT2D eigenvalue weighted by Crippen LogP contribution is -2.24. The average Bonchev–Trinajstić information content (AvgIpc) is 3.00. The Labute approximate surface area is 167 Å². The van der Waals surface area contributed by atoms with Crippen LogP contribution in [-0.4, -0.2) is 38.9 Å². The zero-order valence-corrected chi connectivity index (χ0v) is 16.7. The van der Waals surface area contributed by atoms with Crippen LogP contribution in [0.4, 0.5) is 4.39 Å². The number of rotatable bonds is 7. The van der Waals surface area contributed by atoms with Crippen LogP contribution >= 0.6 is 0 Å². The van der Waals surface area contributed by atoms with Gasteiger partial charge in [0.1, 0.15) is 28.5 Å². The van der Waals surface area contributed by atoms with Gasteiger partial charge in [0.05, 0.1) is 12.9 Å². The first-order valence-electron chi connectivity index (χ1n) is 8.85. The van der Waals surface area contributed by atoms with E-state index < -0.39 is 21.8 Å². The fourth-order valence-electron chi connectivity index (χ4n) is 3.07. The molecule has 154 valence electrons. The lowest BCUT2D eigenvalue weighted by molar-refractivity contribution is 0.0528. The molecule has 0 bridgehead atoms. The van der Waals surface area contributed by atoms with Crippen molar-refractivity contribution < 1.29 is 31.9 Å². The second kappa shape index (κ2) is 8.22. The van der Waals surface area contributed by atoms with E-state index in [1.54, 1.807) is 6.92 Å². The highest BCUT2D eigenvalue weighted by molar-refractivity contribution is 7.88. The number of carbonyl (C=O) groups is 1. The number of halogens is 1. The number of hydrogen-bond donors (Lipinski definition) is 2. The number of furan rings is 1. The van der Waals surface area contributed by atoms with Gasteiger partial charge in [-0.25, -0.2) is 22.3 Å². The number of aromatic hydroxyl groups is 1. The summed E-state index contributed by atoms with van der Waals surface area (Å²) in [5.41, 5.74) is 1.35. The number of nitrogens with one attached hydrogen (secondary N) is 1. The van der Waals surface area contributed by atoms with E-state index in [4.69, 9.17) is 9.15 Å². The van der Waals surface area contributed by atoms with Crippen molar-refractivity contribution in [3.8, 4) is 17.1 Å². The Morgan fingerprint density at radius 3 is 2.55 bits per heavy atom. The summed E-state index contributed by atoms with van der Waals surface area (Å²) in [5.74, 6) is -0.982. The van der Waals surface area contributed by atoms with E-state index in [1.807, 2.05) is 0 Å². The van der Waals surface area contributed by atoms with Gasteiger partial charge in [0.2, 0.25) is 10.0 Å².